The lowest BCUT2D eigenvalue weighted by Gasteiger charge is -2.37. The molecule has 2 rings (SSSR count). The van der Waals surface area contributed by atoms with Gasteiger partial charge in [-0.05, 0) is 38.2 Å². The third-order valence-corrected chi connectivity index (χ3v) is 4.05. The van der Waals surface area contributed by atoms with Gasteiger partial charge < -0.3 is 21.1 Å². The topological polar surface area (TPSA) is 61.5 Å². The zero-order chi connectivity index (χ0) is 13.2. The molecule has 2 saturated heterocycles. The van der Waals surface area contributed by atoms with E-state index in [-0.39, 0.29) is 0 Å². The molecule has 4 N–H and O–H groups in total. The standard InChI is InChI=1S/C14H25N3O/c1-14(2,18)12-3-5-17(6-4-12)10-11-7-13(8-15)16-9-11/h8,10,12,16,18H,3-7,9,15H2,1-2H3/b11-10+,13-8-. The molecule has 102 valence electrons. The summed E-state index contributed by atoms with van der Waals surface area (Å²) in [6.45, 7) is 6.84. The van der Waals surface area contributed by atoms with E-state index in [1.54, 1.807) is 6.20 Å². The molecule has 18 heavy (non-hydrogen) atoms. The van der Waals surface area contributed by atoms with Crippen molar-refractivity contribution in [2.45, 2.75) is 38.7 Å². The number of nitrogens with zero attached hydrogens (tertiary/aromatic N) is 1. The highest BCUT2D eigenvalue weighted by atomic mass is 16.3. The summed E-state index contributed by atoms with van der Waals surface area (Å²) in [5.41, 5.74) is 7.48. The molecule has 0 aromatic carbocycles. The van der Waals surface area contributed by atoms with Crippen LogP contribution in [-0.2, 0) is 0 Å². The third kappa shape index (κ3) is 3.19. The second-order valence-electron chi connectivity index (χ2n) is 5.97. The van der Waals surface area contributed by atoms with Gasteiger partial charge in [0.2, 0.25) is 0 Å². The Bertz CT molecular complexity index is 347. The first-order chi connectivity index (χ1) is 8.49. The number of hydrogen-bond acceptors (Lipinski definition) is 4. The van der Waals surface area contributed by atoms with Crippen molar-refractivity contribution in [2.75, 3.05) is 19.6 Å². The second kappa shape index (κ2) is 5.22. The number of nitrogens with two attached hydrogens (primary N) is 1. The maximum Gasteiger partial charge on any atom is 0.0621 e. The largest absolute Gasteiger partial charge is 0.403 e. The monoisotopic (exact) mass is 251 g/mol. The summed E-state index contributed by atoms with van der Waals surface area (Å²) < 4.78 is 0. The quantitative estimate of drug-likeness (QED) is 0.689. The summed E-state index contributed by atoms with van der Waals surface area (Å²) in [7, 11) is 0. The Kier molecular flexibility index (Phi) is 3.85. The van der Waals surface area contributed by atoms with E-state index in [2.05, 4.69) is 16.4 Å². The van der Waals surface area contributed by atoms with Gasteiger partial charge in [-0.25, -0.2) is 0 Å². The molecule has 2 aliphatic heterocycles. The van der Waals surface area contributed by atoms with Crippen molar-refractivity contribution in [2.24, 2.45) is 11.7 Å². The fourth-order valence-corrected chi connectivity index (χ4v) is 2.80. The Balaban J connectivity index is 1.86. The zero-order valence-electron chi connectivity index (χ0n) is 11.4. The lowest BCUT2D eigenvalue weighted by Crippen LogP contribution is -2.40. The normalized spacial score (nSPS) is 26.9. The molecule has 2 aliphatic rings. The summed E-state index contributed by atoms with van der Waals surface area (Å²) in [5, 5.41) is 13.3. The van der Waals surface area contributed by atoms with Crippen LogP contribution in [0.5, 0.6) is 0 Å². The van der Waals surface area contributed by atoms with E-state index in [0.29, 0.717) is 5.92 Å². The van der Waals surface area contributed by atoms with Crippen molar-refractivity contribution in [3.63, 3.8) is 0 Å². The first-order valence-corrected chi connectivity index (χ1v) is 6.79. The highest BCUT2D eigenvalue weighted by molar-refractivity contribution is 5.22. The van der Waals surface area contributed by atoms with Gasteiger partial charge >= 0.3 is 0 Å². The zero-order valence-corrected chi connectivity index (χ0v) is 11.4. The summed E-state index contributed by atoms with van der Waals surface area (Å²) in [5.74, 6) is 0.424. The van der Waals surface area contributed by atoms with E-state index < -0.39 is 5.60 Å². The molecule has 2 heterocycles. The molecular weight excluding hydrogens is 226 g/mol. The van der Waals surface area contributed by atoms with Crippen LogP contribution in [-0.4, -0.2) is 35.2 Å². The summed E-state index contributed by atoms with van der Waals surface area (Å²) in [4.78, 5) is 2.37. The van der Waals surface area contributed by atoms with Crippen molar-refractivity contribution in [3.05, 3.63) is 23.7 Å². The van der Waals surface area contributed by atoms with Crippen LogP contribution in [0.3, 0.4) is 0 Å². The van der Waals surface area contributed by atoms with E-state index in [1.165, 1.54) is 5.57 Å². The molecule has 2 fully saturated rings. The molecule has 0 bridgehead atoms. The van der Waals surface area contributed by atoms with Crippen LogP contribution in [0.1, 0.15) is 33.1 Å². The van der Waals surface area contributed by atoms with Crippen molar-refractivity contribution in [1.82, 2.24) is 10.2 Å². The van der Waals surface area contributed by atoms with E-state index in [9.17, 15) is 5.11 Å². The van der Waals surface area contributed by atoms with Crippen LogP contribution in [0, 0.1) is 5.92 Å². The lowest BCUT2D eigenvalue weighted by molar-refractivity contribution is -0.00708. The summed E-state index contributed by atoms with van der Waals surface area (Å²) in [6, 6.07) is 0. The van der Waals surface area contributed by atoms with Crippen molar-refractivity contribution >= 4 is 0 Å². The average Bonchev–Trinajstić information content (AvgIpc) is 2.76. The molecule has 0 spiro atoms. The average molecular weight is 251 g/mol. The number of nitrogens with one attached hydrogen (secondary N) is 1. The second-order valence-corrected chi connectivity index (χ2v) is 5.97. The molecular formula is C14H25N3O. The SMILES string of the molecule is CC(C)(O)C1CCN(/C=C2/CN/C(=C\N)C2)CC1. The van der Waals surface area contributed by atoms with Crippen LogP contribution >= 0.6 is 0 Å². The van der Waals surface area contributed by atoms with Crippen molar-refractivity contribution in [3.8, 4) is 0 Å². The van der Waals surface area contributed by atoms with Gasteiger partial charge in [-0.2, -0.15) is 0 Å². The highest BCUT2D eigenvalue weighted by Crippen LogP contribution is 2.28. The number of piperidine rings is 1. The van der Waals surface area contributed by atoms with Gasteiger partial charge in [-0.3, -0.25) is 0 Å². The highest BCUT2D eigenvalue weighted by Gasteiger charge is 2.29. The minimum atomic E-state index is -0.538. The van der Waals surface area contributed by atoms with Gasteiger partial charge in [0.25, 0.3) is 0 Å². The first-order valence-electron chi connectivity index (χ1n) is 6.79. The molecule has 0 aliphatic carbocycles. The molecule has 4 nitrogen and oxygen atoms in total. The number of rotatable bonds is 2. The summed E-state index contributed by atoms with van der Waals surface area (Å²) >= 11 is 0. The van der Waals surface area contributed by atoms with Gasteiger partial charge in [0.15, 0.2) is 0 Å². The predicted octanol–water partition coefficient (Wildman–Crippen LogP) is 1.15. The van der Waals surface area contributed by atoms with Crippen LogP contribution in [0.4, 0.5) is 0 Å². The number of likely N-dealkylation sites (tertiary alicyclic amines) is 1. The minimum absolute atomic E-state index is 0.424. The minimum Gasteiger partial charge on any atom is -0.403 e. The van der Waals surface area contributed by atoms with Crippen LogP contribution in [0.2, 0.25) is 0 Å². The van der Waals surface area contributed by atoms with E-state index in [1.807, 2.05) is 13.8 Å². The molecule has 0 atom stereocenters. The van der Waals surface area contributed by atoms with E-state index in [4.69, 9.17) is 5.73 Å². The number of aliphatic hydroxyl groups is 1. The van der Waals surface area contributed by atoms with Crippen LogP contribution < -0.4 is 11.1 Å². The van der Waals surface area contributed by atoms with Gasteiger partial charge in [0, 0.05) is 44.2 Å². The Labute approximate surface area is 110 Å². The molecule has 0 aromatic heterocycles. The predicted molar refractivity (Wildman–Crippen MR) is 73.6 cm³/mol. The maximum absolute atomic E-state index is 10.0. The number of allylic oxidation sites excluding steroid dienone is 1. The van der Waals surface area contributed by atoms with Crippen LogP contribution in [0.15, 0.2) is 23.7 Å². The van der Waals surface area contributed by atoms with Crippen molar-refractivity contribution < 1.29 is 5.11 Å². The van der Waals surface area contributed by atoms with Crippen LogP contribution in [0.25, 0.3) is 0 Å². The number of hydrogen-bond donors (Lipinski definition) is 3. The molecule has 0 radical (unpaired) electrons. The van der Waals surface area contributed by atoms with E-state index in [0.717, 1.165) is 44.6 Å². The smallest absolute Gasteiger partial charge is 0.0621 e. The fourth-order valence-electron chi connectivity index (χ4n) is 2.80. The molecule has 0 amide bonds. The first kappa shape index (κ1) is 13.3. The fraction of sp³-hybridized carbons (Fsp3) is 0.714. The Morgan fingerprint density at radius 3 is 2.56 bits per heavy atom. The maximum atomic E-state index is 10.0. The van der Waals surface area contributed by atoms with Crippen molar-refractivity contribution in [1.29, 1.82) is 0 Å². The lowest BCUT2D eigenvalue weighted by atomic mass is 9.83. The van der Waals surface area contributed by atoms with Gasteiger partial charge in [0.05, 0.1) is 5.60 Å². The molecule has 4 heteroatoms. The molecule has 0 aromatic rings. The third-order valence-electron chi connectivity index (χ3n) is 4.05. The summed E-state index contributed by atoms with van der Waals surface area (Å²) in [6.07, 6.45) is 7.01. The Morgan fingerprint density at radius 1 is 1.39 bits per heavy atom. The Hall–Kier alpha value is -1.16. The van der Waals surface area contributed by atoms with E-state index >= 15 is 0 Å². The molecule has 0 unspecified atom stereocenters. The molecule has 0 saturated carbocycles. The van der Waals surface area contributed by atoms with Gasteiger partial charge in [-0.1, -0.05) is 0 Å². The Morgan fingerprint density at radius 2 is 2.06 bits per heavy atom. The van der Waals surface area contributed by atoms with Gasteiger partial charge in [-0.15, -0.1) is 0 Å². The van der Waals surface area contributed by atoms with Gasteiger partial charge in [0.1, 0.15) is 0 Å².